The predicted octanol–water partition coefficient (Wildman–Crippen LogP) is 13.1. The molecule has 14 heteroatoms. The Morgan fingerprint density at radius 1 is 0.457 bits per heavy atom. The maximum Gasteiger partial charge on any atom is 4.00 e. The molecule has 3 nitrogen and oxygen atoms in total. The molecule has 0 bridgehead atoms. The van der Waals surface area contributed by atoms with Gasteiger partial charge in [-0.15, -0.1) is 36.3 Å². The fourth-order valence-corrected chi connectivity index (χ4v) is 4.76. The van der Waals surface area contributed by atoms with Crippen LogP contribution in [0.25, 0.3) is 16.0 Å². The second-order valence-electron chi connectivity index (χ2n) is 10.8. The average Bonchev–Trinajstić information content (AvgIpc) is 3.51. The van der Waals surface area contributed by atoms with Crippen molar-refractivity contribution >= 4 is 14.3 Å². The molecule has 0 fully saturated rings. The van der Waals surface area contributed by atoms with Crippen LogP contribution in [0.5, 0.6) is 0 Å². The zero-order valence-corrected chi connectivity index (χ0v) is 35.5. The molecular weight excluding hydrogens is 848 g/mol. The topological polar surface area (TPSA) is 42.3 Å². The van der Waals surface area contributed by atoms with Gasteiger partial charge in [-0.2, -0.15) is 18.2 Å². The van der Waals surface area contributed by atoms with Crippen LogP contribution < -0.4 is 0 Å². The Hall–Kier alpha value is 0.0130. The quantitative estimate of drug-likeness (QED) is 0.114. The van der Waals surface area contributed by atoms with E-state index in [0.717, 1.165) is 0 Å². The van der Waals surface area contributed by atoms with Crippen LogP contribution in [0, 0.1) is 0 Å². The van der Waals surface area contributed by atoms with Crippen LogP contribution in [0.2, 0.25) is 0 Å². The second kappa shape index (κ2) is 31.0. The largest absolute Gasteiger partial charge is 4.00 e. The first-order chi connectivity index (χ1) is 20.5. The molecule has 0 aliphatic carbocycles. The first-order valence-corrected chi connectivity index (χ1v) is 19.0. The van der Waals surface area contributed by atoms with Gasteiger partial charge in [-0.1, -0.05) is 122 Å². The molecule has 0 spiro atoms. The van der Waals surface area contributed by atoms with E-state index >= 15 is 0 Å². The molecule has 1 aromatic rings. The van der Waals surface area contributed by atoms with Gasteiger partial charge in [0.05, 0.1) is 0 Å². The van der Waals surface area contributed by atoms with Crippen LogP contribution >= 0.6 is 0 Å². The summed E-state index contributed by atoms with van der Waals surface area (Å²) in [7, 11) is 0. The zero-order valence-electron chi connectivity index (χ0n) is 29.8. The van der Waals surface area contributed by atoms with E-state index in [1.807, 2.05) is 30.3 Å². The van der Waals surface area contributed by atoms with Crippen molar-refractivity contribution in [2.45, 2.75) is 173 Å². The smallest absolute Gasteiger partial charge is 0.214 e. The monoisotopic (exact) mass is 910 g/mol. The Kier molecular flexibility index (Phi) is 37.4. The molecule has 0 aliphatic heterocycles. The summed E-state index contributed by atoms with van der Waals surface area (Å²) >= 11 is -7.10. The molecule has 0 saturated carbocycles. The molecule has 1 aromatic carbocycles. The molecule has 6 unspecified atom stereocenters. The van der Waals surface area contributed by atoms with Crippen molar-refractivity contribution in [1.82, 2.24) is 0 Å². The van der Waals surface area contributed by atoms with Gasteiger partial charge in [-0.3, -0.25) is 0 Å². The summed E-state index contributed by atoms with van der Waals surface area (Å²) in [6, 6.07) is 13.3. The minimum atomic E-state index is -7.10. The van der Waals surface area contributed by atoms with Crippen LogP contribution in [0.1, 0.15) is 122 Å². The molecule has 0 heterocycles. The van der Waals surface area contributed by atoms with Crippen molar-refractivity contribution in [3.05, 3.63) is 46.3 Å². The Balaban J connectivity index is -0.000000155. The first kappa shape index (κ1) is 55.4. The molecule has 0 N–H and O–H groups in total. The van der Waals surface area contributed by atoms with Crippen LogP contribution in [0.15, 0.2) is 30.3 Å². The van der Waals surface area contributed by atoms with Gasteiger partial charge < -0.3 is 16.0 Å². The summed E-state index contributed by atoms with van der Waals surface area (Å²) in [5, 5.41) is -5.05. The van der Waals surface area contributed by atoms with Gasteiger partial charge in [-0.25, -0.2) is 12.1 Å². The Bertz CT molecular complexity index is 617. The SMILES string of the molecule is CCC(C)[N-]C(C)CC.CCC(C)[N-]C(C)CC.CCC(C)[N-]C(C)CC.F[C](F)(F)[Ge]([C](F)(F)F)[C](F)(F)F.[Hf+4].c1cc[cH-]c1. The van der Waals surface area contributed by atoms with Crippen molar-refractivity contribution < 1.29 is 65.4 Å². The van der Waals surface area contributed by atoms with Crippen LogP contribution in [-0.4, -0.2) is 65.6 Å². The number of rotatable bonds is 12. The fourth-order valence-electron chi connectivity index (χ4n) is 2.74. The van der Waals surface area contributed by atoms with E-state index in [9.17, 15) is 39.5 Å². The Labute approximate surface area is 297 Å². The molecule has 0 saturated heterocycles. The summed E-state index contributed by atoms with van der Waals surface area (Å²) in [4.78, 5) is 0. The summed E-state index contributed by atoms with van der Waals surface area (Å²) in [6.45, 7) is 26.1. The van der Waals surface area contributed by atoms with Gasteiger partial charge in [0.25, 0.3) is 0 Å². The molecule has 0 aromatic heterocycles. The third-order valence-corrected chi connectivity index (χ3v) is 10.0. The van der Waals surface area contributed by atoms with Crippen LogP contribution in [0.3, 0.4) is 0 Å². The number of nitrogens with zero attached hydrogens (tertiary/aromatic N) is 3. The van der Waals surface area contributed by atoms with E-state index in [4.69, 9.17) is 0 Å². The molecule has 46 heavy (non-hydrogen) atoms. The predicted molar refractivity (Wildman–Crippen MR) is 175 cm³/mol. The number of alkyl halides is 9. The number of halogens is 9. The maximum atomic E-state index is 11.3. The summed E-state index contributed by atoms with van der Waals surface area (Å²) < 4.78 is 102. The van der Waals surface area contributed by atoms with E-state index in [1.54, 1.807) is 0 Å². The number of hydrogen-bond donors (Lipinski definition) is 0. The van der Waals surface area contributed by atoms with Gasteiger partial charge in [0, 0.05) is 0 Å². The van der Waals surface area contributed by atoms with Gasteiger partial charge in [0.15, 0.2) is 0 Å². The summed E-state index contributed by atoms with van der Waals surface area (Å²) in [5.41, 5.74) is 0. The van der Waals surface area contributed by atoms with Crippen LogP contribution in [-0.2, 0) is 25.8 Å². The Morgan fingerprint density at radius 2 is 0.630 bits per heavy atom. The van der Waals surface area contributed by atoms with Gasteiger partial charge in [0.1, 0.15) is 0 Å². The molecule has 273 valence electrons. The van der Waals surface area contributed by atoms with E-state index in [2.05, 4.69) is 99.0 Å². The third-order valence-electron chi connectivity index (χ3n) is 6.48. The zero-order chi connectivity index (χ0) is 36.4. The van der Waals surface area contributed by atoms with Gasteiger partial charge in [0.2, 0.25) is 0 Å². The van der Waals surface area contributed by atoms with Crippen molar-refractivity contribution in [2.24, 2.45) is 0 Å². The van der Waals surface area contributed by atoms with E-state index in [-0.39, 0.29) is 25.8 Å². The maximum absolute atomic E-state index is 11.3. The summed E-state index contributed by atoms with van der Waals surface area (Å²) in [5.74, 6) is 0. The van der Waals surface area contributed by atoms with Gasteiger partial charge in [-0.05, 0) is 0 Å². The van der Waals surface area contributed by atoms with Crippen molar-refractivity contribution in [3.63, 3.8) is 0 Å². The number of hydrogen-bond acceptors (Lipinski definition) is 0. The van der Waals surface area contributed by atoms with Gasteiger partial charge >= 0.3 is 94.7 Å². The molecule has 1 rings (SSSR count). The van der Waals surface area contributed by atoms with E-state index in [0.29, 0.717) is 36.3 Å². The molecule has 1 radical (unpaired) electrons. The fraction of sp³-hybridized carbons (Fsp3) is 0.844. The third kappa shape index (κ3) is 36.8. The Morgan fingerprint density at radius 3 is 0.696 bits per heavy atom. The first-order valence-electron chi connectivity index (χ1n) is 15.8. The standard InChI is InChI=1S/3C8H18N.C5H5.C3F9Ge.Hf/c3*1-5-7(3)9-8(4)6-2;1-2-4-5-3-1;4-1(5,6)13(2(7,8)9)3(10,11)12;/h3*7-8H,5-6H2,1-4H3;1-5H;;/q4*-1;;+4. The normalized spacial score (nSPS) is 15.3. The summed E-state index contributed by atoms with van der Waals surface area (Å²) in [6.07, 6.45) is 7.03. The molecule has 0 amide bonds. The molecule has 0 aliphatic rings. The van der Waals surface area contributed by atoms with Crippen molar-refractivity contribution in [1.29, 1.82) is 0 Å². The minimum absolute atomic E-state index is 0. The average molecular weight is 908 g/mol. The van der Waals surface area contributed by atoms with Crippen molar-refractivity contribution in [2.75, 3.05) is 0 Å². The minimum Gasteiger partial charge on any atom is -0.214 e. The van der Waals surface area contributed by atoms with Crippen molar-refractivity contribution in [3.8, 4) is 0 Å². The second-order valence-corrected chi connectivity index (χ2v) is 16.0. The van der Waals surface area contributed by atoms with E-state index in [1.165, 1.54) is 38.5 Å². The van der Waals surface area contributed by atoms with E-state index < -0.39 is 29.4 Å². The molecule has 6 atom stereocenters. The molecular formula is C32H59F9GeHfN3. The van der Waals surface area contributed by atoms with Crippen LogP contribution in [0.4, 0.5) is 39.5 Å².